The van der Waals surface area contributed by atoms with Crippen molar-refractivity contribution in [1.29, 1.82) is 0 Å². The van der Waals surface area contributed by atoms with E-state index in [4.69, 9.17) is 10.2 Å². The molecule has 0 radical (unpaired) electrons. The molecule has 0 aromatic carbocycles. The smallest absolute Gasteiger partial charge is 0.317 e. The number of hydrogen-bond acceptors (Lipinski definition) is 6. The number of rotatable bonds is 4. The standard InChI is InChI=1S/C7H10N2O4S2/c1-3-8-9-7(14-3)15-4(6(12)13)2-5(10)11/h3-4,8H,2H2,1H3,(H,10,11)(H,12,13). The molecule has 1 heterocycles. The average molecular weight is 250 g/mol. The number of thioether (sulfide) groups is 2. The molecule has 2 atom stereocenters. The highest BCUT2D eigenvalue weighted by atomic mass is 32.2. The summed E-state index contributed by atoms with van der Waals surface area (Å²) in [4.78, 5) is 21.1. The minimum atomic E-state index is -1.13. The van der Waals surface area contributed by atoms with Crippen LogP contribution >= 0.6 is 23.5 Å². The van der Waals surface area contributed by atoms with Crippen LogP contribution in [-0.2, 0) is 9.59 Å². The highest BCUT2D eigenvalue weighted by molar-refractivity contribution is 8.39. The lowest BCUT2D eigenvalue weighted by atomic mass is 10.3. The molecule has 0 fully saturated rings. The van der Waals surface area contributed by atoms with Crippen LogP contribution in [-0.4, -0.2) is 37.2 Å². The van der Waals surface area contributed by atoms with Crippen molar-refractivity contribution in [3.05, 3.63) is 0 Å². The van der Waals surface area contributed by atoms with Gasteiger partial charge in [0.15, 0.2) is 4.38 Å². The fraction of sp³-hybridized carbons (Fsp3) is 0.571. The van der Waals surface area contributed by atoms with Crippen molar-refractivity contribution >= 4 is 39.8 Å². The van der Waals surface area contributed by atoms with Crippen LogP contribution in [0.15, 0.2) is 5.10 Å². The molecule has 0 spiro atoms. The van der Waals surface area contributed by atoms with E-state index in [0.29, 0.717) is 4.38 Å². The number of carboxylic acids is 2. The van der Waals surface area contributed by atoms with Crippen molar-refractivity contribution in [3.8, 4) is 0 Å². The second-order valence-electron chi connectivity index (χ2n) is 2.81. The molecule has 0 amide bonds. The van der Waals surface area contributed by atoms with E-state index in [0.717, 1.165) is 11.8 Å². The number of nitrogens with zero attached hydrogens (tertiary/aromatic N) is 1. The summed E-state index contributed by atoms with van der Waals surface area (Å²) >= 11 is 2.35. The Bertz CT molecular complexity index is 307. The van der Waals surface area contributed by atoms with Gasteiger partial charge < -0.3 is 10.2 Å². The SMILES string of the molecule is CC1NN=C(SC(CC(=O)O)C(=O)O)S1. The summed E-state index contributed by atoms with van der Waals surface area (Å²) in [5.41, 5.74) is 2.76. The minimum absolute atomic E-state index is 0.103. The summed E-state index contributed by atoms with van der Waals surface area (Å²) < 4.78 is 0.566. The van der Waals surface area contributed by atoms with Crippen molar-refractivity contribution in [2.24, 2.45) is 5.10 Å². The largest absolute Gasteiger partial charge is 0.481 e. The van der Waals surface area contributed by atoms with Gasteiger partial charge in [0, 0.05) is 0 Å². The van der Waals surface area contributed by atoms with E-state index >= 15 is 0 Å². The van der Waals surface area contributed by atoms with E-state index in [9.17, 15) is 9.59 Å². The molecule has 0 saturated heterocycles. The third-order valence-corrected chi connectivity index (χ3v) is 3.77. The van der Waals surface area contributed by atoms with Crippen molar-refractivity contribution in [1.82, 2.24) is 5.43 Å². The molecule has 0 bridgehead atoms. The minimum Gasteiger partial charge on any atom is -0.481 e. The van der Waals surface area contributed by atoms with Gasteiger partial charge in [0.1, 0.15) is 5.25 Å². The van der Waals surface area contributed by atoms with Gasteiger partial charge in [-0.05, 0) is 6.92 Å². The van der Waals surface area contributed by atoms with E-state index in [1.54, 1.807) is 0 Å². The molecule has 15 heavy (non-hydrogen) atoms. The average Bonchev–Trinajstić information content (AvgIpc) is 2.49. The topological polar surface area (TPSA) is 99.0 Å². The summed E-state index contributed by atoms with van der Waals surface area (Å²) in [6, 6.07) is 0. The fourth-order valence-electron chi connectivity index (χ4n) is 0.861. The zero-order valence-corrected chi connectivity index (χ0v) is 9.47. The lowest BCUT2D eigenvalue weighted by Gasteiger charge is -2.07. The molecule has 0 aliphatic carbocycles. The quantitative estimate of drug-likeness (QED) is 0.672. The predicted molar refractivity (Wildman–Crippen MR) is 58.9 cm³/mol. The molecular weight excluding hydrogens is 240 g/mol. The number of hydrazone groups is 1. The van der Waals surface area contributed by atoms with Gasteiger partial charge in [-0.15, -0.1) is 0 Å². The molecule has 0 aromatic heterocycles. The molecule has 84 valence electrons. The Hall–Kier alpha value is -0.890. The highest BCUT2D eigenvalue weighted by Gasteiger charge is 2.26. The monoisotopic (exact) mass is 250 g/mol. The summed E-state index contributed by atoms with van der Waals surface area (Å²) in [5, 5.41) is 20.3. The van der Waals surface area contributed by atoms with Crippen LogP contribution in [0.2, 0.25) is 0 Å². The Balaban J connectivity index is 2.51. The molecule has 3 N–H and O–H groups in total. The van der Waals surface area contributed by atoms with Gasteiger partial charge in [0.05, 0.1) is 11.8 Å². The lowest BCUT2D eigenvalue weighted by molar-refractivity contribution is -0.142. The van der Waals surface area contributed by atoms with Crippen LogP contribution in [0.5, 0.6) is 0 Å². The first-order valence-corrected chi connectivity index (χ1v) is 5.86. The Labute approximate surface area is 94.5 Å². The van der Waals surface area contributed by atoms with Gasteiger partial charge >= 0.3 is 11.9 Å². The van der Waals surface area contributed by atoms with Crippen LogP contribution in [0.4, 0.5) is 0 Å². The number of nitrogens with one attached hydrogen (secondary N) is 1. The van der Waals surface area contributed by atoms with E-state index in [2.05, 4.69) is 10.5 Å². The van der Waals surface area contributed by atoms with Crippen LogP contribution in [0.1, 0.15) is 13.3 Å². The molecule has 6 nitrogen and oxygen atoms in total. The maximum Gasteiger partial charge on any atom is 0.317 e. The second kappa shape index (κ2) is 5.26. The third-order valence-electron chi connectivity index (χ3n) is 1.49. The molecule has 1 aliphatic heterocycles. The third kappa shape index (κ3) is 4.00. The maximum atomic E-state index is 10.7. The van der Waals surface area contributed by atoms with Crippen LogP contribution < -0.4 is 5.43 Å². The van der Waals surface area contributed by atoms with Gasteiger partial charge in [0.25, 0.3) is 0 Å². The van der Waals surface area contributed by atoms with Crippen molar-refractivity contribution in [3.63, 3.8) is 0 Å². The predicted octanol–water partition coefficient (Wildman–Crippen LogP) is 0.601. The van der Waals surface area contributed by atoms with Gasteiger partial charge in [-0.1, -0.05) is 23.5 Å². The maximum absolute atomic E-state index is 10.7. The Kier molecular flexibility index (Phi) is 4.28. The van der Waals surface area contributed by atoms with E-state index in [1.165, 1.54) is 11.8 Å². The van der Waals surface area contributed by atoms with Crippen molar-refractivity contribution < 1.29 is 19.8 Å². The zero-order valence-electron chi connectivity index (χ0n) is 7.84. The lowest BCUT2D eigenvalue weighted by Crippen LogP contribution is -2.21. The Morgan fingerprint density at radius 1 is 1.67 bits per heavy atom. The van der Waals surface area contributed by atoms with Crippen molar-refractivity contribution in [2.45, 2.75) is 24.0 Å². The fourth-order valence-corrected chi connectivity index (χ4v) is 3.05. The Morgan fingerprint density at radius 3 is 2.73 bits per heavy atom. The van der Waals surface area contributed by atoms with Crippen molar-refractivity contribution in [2.75, 3.05) is 0 Å². The number of carbonyl (C=O) groups is 2. The number of aliphatic carboxylic acids is 2. The van der Waals surface area contributed by atoms with Gasteiger partial charge in [0.2, 0.25) is 0 Å². The van der Waals surface area contributed by atoms with Crippen LogP contribution in [0.3, 0.4) is 0 Å². The zero-order chi connectivity index (χ0) is 11.4. The summed E-state index contributed by atoms with van der Waals surface area (Å²) in [6.07, 6.45) is -0.409. The first-order chi connectivity index (χ1) is 6.99. The first-order valence-electron chi connectivity index (χ1n) is 4.10. The molecule has 0 saturated carbocycles. The van der Waals surface area contributed by atoms with Gasteiger partial charge in [-0.25, -0.2) is 0 Å². The van der Waals surface area contributed by atoms with E-state index in [-0.39, 0.29) is 5.37 Å². The normalized spacial score (nSPS) is 21.7. The van der Waals surface area contributed by atoms with Gasteiger partial charge in [-0.2, -0.15) is 5.10 Å². The molecular formula is C7H10N2O4S2. The summed E-state index contributed by atoms with van der Waals surface area (Å²) in [6.45, 7) is 1.88. The summed E-state index contributed by atoms with van der Waals surface area (Å²) in [7, 11) is 0. The van der Waals surface area contributed by atoms with Crippen LogP contribution in [0.25, 0.3) is 0 Å². The van der Waals surface area contributed by atoms with E-state index < -0.39 is 23.6 Å². The van der Waals surface area contributed by atoms with Crippen LogP contribution in [0, 0.1) is 0 Å². The molecule has 1 aliphatic rings. The Morgan fingerprint density at radius 2 is 2.33 bits per heavy atom. The molecule has 0 aromatic rings. The highest BCUT2D eigenvalue weighted by Crippen LogP contribution is 2.29. The first kappa shape index (κ1) is 12.2. The molecule has 8 heteroatoms. The number of carboxylic acid groups (broad SMARTS) is 2. The molecule has 1 rings (SSSR count). The summed E-state index contributed by atoms with van der Waals surface area (Å²) in [5.74, 6) is -2.26. The van der Waals surface area contributed by atoms with Gasteiger partial charge in [-0.3, -0.25) is 15.0 Å². The second-order valence-corrected chi connectivity index (χ2v) is 5.59. The number of hydrogen-bond donors (Lipinski definition) is 3. The molecule has 2 unspecified atom stereocenters. The van der Waals surface area contributed by atoms with E-state index in [1.807, 2.05) is 6.92 Å².